The van der Waals surface area contributed by atoms with E-state index in [9.17, 15) is 4.39 Å². The highest BCUT2D eigenvalue weighted by Crippen LogP contribution is 2.23. The summed E-state index contributed by atoms with van der Waals surface area (Å²) in [6.45, 7) is 7.26. The van der Waals surface area contributed by atoms with Gasteiger partial charge in [-0.05, 0) is 31.4 Å². The summed E-state index contributed by atoms with van der Waals surface area (Å²) in [5.41, 5.74) is 0.605. The minimum Gasteiger partial charge on any atom is -0.488 e. The van der Waals surface area contributed by atoms with Crippen LogP contribution in [0, 0.1) is 12.7 Å². The van der Waals surface area contributed by atoms with Crippen LogP contribution in [0.15, 0.2) is 18.2 Å². The maximum atomic E-state index is 13.8. The topological polar surface area (TPSA) is 30.5 Å². The smallest absolute Gasteiger partial charge is 0.167 e. The first kappa shape index (κ1) is 15.3. The van der Waals surface area contributed by atoms with Crippen LogP contribution >= 0.6 is 0 Å². The molecule has 0 amide bonds. The summed E-state index contributed by atoms with van der Waals surface area (Å²) in [6, 6.07) is 5.67. The van der Waals surface area contributed by atoms with Gasteiger partial charge < -0.3 is 14.8 Å². The molecule has 112 valence electrons. The lowest BCUT2D eigenvalue weighted by molar-refractivity contribution is 0.0171. The third kappa shape index (κ3) is 4.18. The maximum absolute atomic E-state index is 13.8. The van der Waals surface area contributed by atoms with Gasteiger partial charge in [0, 0.05) is 12.6 Å². The first-order valence-electron chi connectivity index (χ1n) is 7.33. The van der Waals surface area contributed by atoms with E-state index in [4.69, 9.17) is 9.47 Å². The Labute approximate surface area is 120 Å². The number of ether oxygens (including phenoxy) is 2. The SMILES string of the molecule is Cc1cccc(OCC2CCC(CNC(C)C)O2)c1F. The zero-order valence-electron chi connectivity index (χ0n) is 12.5. The number of halogens is 1. The fourth-order valence-corrected chi connectivity index (χ4v) is 2.33. The Hall–Kier alpha value is -1.13. The summed E-state index contributed by atoms with van der Waals surface area (Å²) in [4.78, 5) is 0. The van der Waals surface area contributed by atoms with Gasteiger partial charge >= 0.3 is 0 Å². The maximum Gasteiger partial charge on any atom is 0.167 e. The zero-order valence-corrected chi connectivity index (χ0v) is 12.5. The molecule has 0 bridgehead atoms. The van der Waals surface area contributed by atoms with Gasteiger partial charge in [-0.25, -0.2) is 4.39 Å². The molecule has 1 aliphatic rings. The monoisotopic (exact) mass is 281 g/mol. The van der Waals surface area contributed by atoms with Crippen molar-refractivity contribution in [3.63, 3.8) is 0 Å². The van der Waals surface area contributed by atoms with Gasteiger partial charge in [-0.2, -0.15) is 0 Å². The molecule has 1 aliphatic heterocycles. The molecule has 0 saturated carbocycles. The van der Waals surface area contributed by atoms with Gasteiger partial charge in [0.05, 0.1) is 12.2 Å². The first-order valence-corrected chi connectivity index (χ1v) is 7.33. The number of benzene rings is 1. The number of rotatable bonds is 6. The highest BCUT2D eigenvalue weighted by molar-refractivity contribution is 5.30. The molecular formula is C16H24FNO2. The highest BCUT2D eigenvalue weighted by atomic mass is 19.1. The molecule has 0 radical (unpaired) electrons. The molecule has 0 spiro atoms. The van der Waals surface area contributed by atoms with Crippen LogP contribution in [0.1, 0.15) is 32.3 Å². The van der Waals surface area contributed by atoms with Crippen LogP contribution in [0.3, 0.4) is 0 Å². The molecule has 1 saturated heterocycles. The van der Waals surface area contributed by atoms with Gasteiger partial charge in [0.1, 0.15) is 6.61 Å². The van der Waals surface area contributed by atoms with Crippen LogP contribution in [0.2, 0.25) is 0 Å². The second-order valence-corrected chi connectivity index (χ2v) is 5.72. The zero-order chi connectivity index (χ0) is 14.5. The molecule has 20 heavy (non-hydrogen) atoms. The fraction of sp³-hybridized carbons (Fsp3) is 0.625. The minimum absolute atomic E-state index is 0.0638. The largest absolute Gasteiger partial charge is 0.488 e. The molecule has 0 aromatic heterocycles. The quantitative estimate of drug-likeness (QED) is 0.869. The second-order valence-electron chi connectivity index (χ2n) is 5.72. The van der Waals surface area contributed by atoms with Crippen LogP contribution < -0.4 is 10.1 Å². The van der Waals surface area contributed by atoms with E-state index in [2.05, 4.69) is 19.2 Å². The molecule has 2 unspecified atom stereocenters. The first-order chi connectivity index (χ1) is 9.56. The third-order valence-corrected chi connectivity index (χ3v) is 3.53. The Balaban J connectivity index is 1.77. The van der Waals surface area contributed by atoms with E-state index in [0.717, 1.165) is 19.4 Å². The number of nitrogens with one attached hydrogen (secondary N) is 1. The number of aryl methyl sites for hydroxylation is 1. The van der Waals surface area contributed by atoms with Gasteiger partial charge in [-0.1, -0.05) is 26.0 Å². The Bertz CT molecular complexity index is 436. The molecule has 1 heterocycles. The van der Waals surface area contributed by atoms with Crippen molar-refractivity contribution in [2.45, 2.75) is 51.9 Å². The van der Waals surface area contributed by atoms with Crippen molar-refractivity contribution in [3.05, 3.63) is 29.6 Å². The number of hydrogen-bond donors (Lipinski definition) is 1. The van der Waals surface area contributed by atoms with Crippen LogP contribution in [0.5, 0.6) is 5.75 Å². The van der Waals surface area contributed by atoms with E-state index in [1.807, 2.05) is 0 Å². The Morgan fingerprint density at radius 2 is 2.10 bits per heavy atom. The van der Waals surface area contributed by atoms with Crippen LogP contribution in [0.25, 0.3) is 0 Å². The van der Waals surface area contributed by atoms with Gasteiger partial charge in [-0.3, -0.25) is 0 Å². The van der Waals surface area contributed by atoms with Gasteiger partial charge in [-0.15, -0.1) is 0 Å². The Morgan fingerprint density at radius 3 is 2.85 bits per heavy atom. The fourth-order valence-electron chi connectivity index (χ4n) is 2.33. The highest BCUT2D eigenvalue weighted by Gasteiger charge is 2.25. The van der Waals surface area contributed by atoms with E-state index < -0.39 is 0 Å². The third-order valence-electron chi connectivity index (χ3n) is 3.53. The lowest BCUT2D eigenvalue weighted by Crippen LogP contribution is -2.32. The molecule has 0 aliphatic carbocycles. The van der Waals surface area contributed by atoms with Crippen molar-refractivity contribution in [1.82, 2.24) is 5.32 Å². The summed E-state index contributed by atoms with van der Waals surface area (Å²) >= 11 is 0. The van der Waals surface area contributed by atoms with E-state index in [1.165, 1.54) is 0 Å². The normalized spacial score (nSPS) is 22.4. The minimum atomic E-state index is -0.275. The number of hydrogen-bond acceptors (Lipinski definition) is 3. The molecule has 1 aromatic rings. The van der Waals surface area contributed by atoms with E-state index in [0.29, 0.717) is 24.0 Å². The molecule has 2 rings (SSSR count). The van der Waals surface area contributed by atoms with Gasteiger partial charge in [0.25, 0.3) is 0 Å². The molecule has 2 atom stereocenters. The van der Waals surface area contributed by atoms with Crippen LogP contribution in [-0.2, 0) is 4.74 Å². The molecular weight excluding hydrogens is 257 g/mol. The molecule has 1 N–H and O–H groups in total. The average Bonchev–Trinajstić information content (AvgIpc) is 2.86. The van der Waals surface area contributed by atoms with Gasteiger partial charge in [0.2, 0.25) is 0 Å². The van der Waals surface area contributed by atoms with Crippen molar-refractivity contribution in [1.29, 1.82) is 0 Å². The molecule has 1 fully saturated rings. The van der Waals surface area contributed by atoms with Crippen LogP contribution in [0.4, 0.5) is 4.39 Å². The summed E-state index contributed by atoms with van der Waals surface area (Å²) in [5, 5.41) is 3.37. The lowest BCUT2D eigenvalue weighted by Gasteiger charge is -2.16. The van der Waals surface area contributed by atoms with Crippen molar-refractivity contribution in [2.24, 2.45) is 0 Å². The van der Waals surface area contributed by atoms with Gasteiger partial charge in [0.15, 0.2) is 11.6 Å². The average molecular weight is 281 g/mol. The van der Waals surface area contributed by atoms with E-state index in [1.54, 1.807) is 25.1 Å². The standard InChI is InChI=1S/C16H24FNO2/c1-11(2)18-9-13-7-8-14(20-13)10-19-15-6-4-5-12(3)16(15)17/h4-6,11,13-14,18H,7-10H2,1-3H3. The predicted molar refractivity (Wildman–Crippen MR) is 77.7 cm³/mol. The van der Waals surface area contributed by atoms with Crippen molar-refractivity contribution >= 4 is 0 Å². The lowest BCUT2D eigenvalue weighted by atomic mass is 10.2. The van der Waals surface area contributed by atoms with E-state index >= 15 is 0 Å². The molecule has 4 heteroatoms. The summed E-state index contributed by atoms with van der Waals surface area (Å²) in [6.07, 6.45) is 2.31. The molecule has 3 nitrogen and oxygen atoms in total. The Morgan fingerprint density at radius 1 is 1.35 bits per heavy atom. The summed E-state index contributed by atoms with van der Waals surface area (Å²) < 4.78 is 25.2. The predicted octanol–water partition coefficient (Wildman–Crippen LogP) is 3.06. The van der Waals surface area contributed by atoms with E-state index in [-0.39, 0.29) is 18.0 Å². The summed E-state index contributed by atoms with van der Waals surface area (Å²) in [7, 11) is 0. The van der Waals surface area contributed by atoms with Crippen molar-refractivity contribution < 1.29 is 13.9 Å². The van der Waals surface area contributed by atoms with Crippen LogP contribution in [-0.4, -0.2) is 31.4 Å². The second kappa shape index (κ2) is 7.04. The van der Waals surface area contributed by atoms with Crippen molar-refractivity contribution in [3.8, 4) is 5.75 Å². The molecule has 1 aromatic carbocycles. The van der Waals surface area contributed by atoms with Crippen molar-refractivity contribution in [2.75, 3.05) is 13.2 Å². The Kier molecular flexibility index (Phi) is 5.38. The summed E-state index contributed by atoms with van der Waals surface area (Å²) in [5.74, 6) is 0.0425.